The number of aliphatic hydroxyl groups excluding tert-OH is 1. The van der Waals surface area contributed by atoms with Crippen LogP contribution in [0.1, 0.15) is 29.8 Å². The Bertz CT molecular complexity index is 671. The number of aliphatic hydroxyl groups is 1. The van der Waals surface area contributed by atoms with Crippen LogP contribution in [0, 0.1) is 5.92 Å². The fourth-order valence-electron chi connectivity index (χ4n) is 2.73. The first-order valence-corrected chi connectivity index (χ1v) is 7.70. The average molecular weight is 321 g/mol. The summed E-state index contributed by atoms with van der Waals surface area (Å²) in [6.45, 7) is 0.452. The molecule has 2 unspecified atom stereocenters. The predicted octanol–water partition coefficient (Wildman–Crippen LogP) is 2.89. The SMILES string of the molecule is O=C(NCC1CCCC1O)c1cc(-c2cccc(Cl)c2)no1. The molecule has 1 aromatic heterocycles. The molecule has 1 aliphatic carbocycles. The largest absolute Gasteiger partial charge is 0.393 e. The van der Waals surface area contributed by atoms with Crippen molar-refractivity contribution in [3.63, 3.8) is 0 Å². The van der Waals surface area contributed by atoms with Crippen LogP contribution in [0.4, 0.5) is 0 Å². The van der Waals surface area contributed by atoms with Gasteiger partial charge in [0.05, 0.1) is 6.10 Å². The van der Waals surface area contributed by atoms with Crippen LogP contribution in [0.3, 0.4) is 0 Å². The molecule has 0 saturated heterocycles. The Hall–Kier alpha value is -1.85. The Balaban J connectivity index is 1.64. The zero-order valence-corrected chi connectivity index (χ0v) is 12.7. The van der Waals surface area contributed by atoms with Gasteiger partial charge in [0.1, 0.15) is 5.69 Å². The molecule has 5 nitrogen and oxygen atoms in total. The standard InChI is InChI=1S/C16H17ClN2O3/c17-12-5-1-3-10(7-12)13-8-15(22-19-13)16(21)18-9-11-4-2-6-14(11)20/h1,3,5,7-8,11,14,20H,2,4,6,9H2,(H,18,21). The third kappa shape index (κ3) is 3.31. The highest BCUT2D eigenvalue weighted by Gasteiger charge is 2.26. The number of rotatable bonds is 4. The number of hydrogen-bond donors (Lipinski definition) is 2. The molecule has 2 N–H and O–H groups in total. The van der Waals surface area contributed by atoms with Gasteiger partial charge < -0.3 is 14.9 Å². The Labute approximate surface area is 133 Å². The van der Waals surface area contributed by atoms with E-state index in [0.29, 0.717) is 17.3 Å². The zero-order chi connectivity index (χ0) is 15.5. The summed E-state index contributed by atoms with van der Waals surface area (Å²) in [6, 6.07) is 8.78. The van der Waals surface area contributed by atoms with Gasteiger partial charge in [-0.05, 0) is 25.0 Å². The van der Waals surface area contributed by atoms with E-state index in [0.717, 1.165) is 24.8 Å². The van der Waals surface area contributed by atoms with Crippen molar-refractivity contribution in [2.75, 3.05) is 6.54 Å². The lowest BCUT2D eigenvalue weighted by atomic mass is 10.1. The topological polar surface area (TPSA) is 75.4 Å². The molecule has 1 fully saturated rings. The van der Waals surface area contributed by atoms with E-state index in [1.54, 1.807) is 18.2 Å². The summed E-state index contributed by atoms with van der Waals surface area (Å²) in [4.78, 5) is 12.1. The van der Waals surface area contributed by atoms with Crippen LogP contribution in [0.2, 0.25) is 5.02 Å². The average Bonchev–Trinajstić information content (AvgIpc) is 3.14. The number of amides is 1. The second kappa shape index (κ2) is 6.50. The van der Waals surface area contributed by atoms with E-state index in [1.165, 1.54) is 0 Å². The maximum atomic E-state index is 12.1. The van der Waals surface area contributed by atoms with Gasteiger partial charge in [-0.2, -0.15) is 0 Å². The summed E-state index contributed by atoms with van der Waals surface area (Å²) in [6.07, 6.45) is 2.42. The molecule has 116 valence electrons. The molecule has 22 heavy (non-hydrogen) atoms. The summed E-state index contributed by atoms with van der Waals surface area (Å²) < 4.78 is 5.10. The number of hydrogen-bond acceptors (Lipinski definition) is 4. The van der Waals surface area contributed by atoms with E-state index in [1.807, 2.05) is 12.1 Å². The van der Waals surface area contributed by atoms with E-state index in [9.17, 15) is 9.90 Å². The lowest BCUT2D eigenvalue weighted by Gasteiger charge is -2.14. The van der Waals surface area contributed by atoms with Crippen molar-refractivity contribution >= 4 is 17.5 Å². The van der Waals surface area contributed by atoms with Crippen molar-refractivity contribution in [1.29, 1.82) is 0 Å². The first kappa shape index (κ1) is 15.1. The molecule has 0 aliphatic heterocycles. The molecular weight excluding hydrogens is 304 g/mol. The molecule has 3 rings (SSSR count). The van der Waals surface area contributed by atoms with Crippen LogP contribution in [0.15, 0.2) is 34.9 Å². The molecule has 1 heterocycles. The summed E-state index contributed by atoms with van der Waals surface area (Å²) in [5, 5.41) is 17.0. The first-order chi connectivity index (χ1) is 10.6. The van der Waals surface area contributed by atoms with Gasteiger partial charge in [0.15, 0.2) is 0 Å². The molecule has 0 spiro atoms. The Kier molecular flexibility index (Phi) is 4.45. The van der Waals surface area contributed by atoms with E-state index in [-0.39, 0.29) is 23.7 Å². The van der Waals surface area contributed by atoms with Crippen LogP contribution in [-0.2, 0) is 0 Å². The monoisotopic (exact) mass is 320 g/mol. The molecular formula is C16H17ClN2O3. The number of benzene rings is 1. The minimum atomic E-state index is -0.322. The second-order valence-electron chi connectivity index (χ2n) is 5.56. The van der Waals surface area contributed by atoms with Gasteiger partial charge >= 0.3 is 0 Å². The number of carbonyl (C=O) groups is 1. The summed E-state index contributed by atoms with van der Waals surface area (Å²) in [5.41, 5.74) is 1.36. The minimum absolute atomic E-state index is 0.124. The molecule has 0 radical (unpaired) electrons. The van der Waals surface area contributed by atoms with Gasteiger partial charge in [-0.15, -0.1) is 0 Å². The van der Waals surface area contributed by atoms with Crippen molar-refractivity contribution in [2.45, 2.75) is 25.4 Å². The van der Waals surface area contributed by atoms with Gasteiger partial charge in [-0.1, -0.05) is 35.3 Å². The molecule has 1 saturated carbocycles. The summed E-state index contributed by atoms with van der Waals surface area (Å²) in [5.74, 6) is -0.0402. The molecule has 2 atom stereocenters. The Morgan fingerprint density at radius 1 is 1.41 bits per heavy atom. The Morgan fingerprint density at radius 2 is 2.27 bits per heavy atom. The van der Waals surface area contributed by atoms with E-state index in [2.05, 4.69) is 10.5 Å². The van der Waals surface area contributed by atoms with Crippen LogP contribution < -0.4 is 5.32 Å². The van der Waals surface area contributed by atoms with Crippen molar-refractivity contribution in [2.24, 2.45) is 5.92 Å². The third-order valence-electron chi connectivity index (χ3n) is 4.00. The van der Waals surface area contributed by atoms with Crippen molar-refractivity contribution in [1.82, 2.24) is 10.5 Å². The fraction of sp³-hybridized carbons (Fsp3) is 0.375. The lowest BCUT2D eigenvalue weighted by Crippen LogP contribution is -2.32. The maximum absolute atomic E-state index is 12.1. The number of carbonyl (C=O) groups excluding carboxylic acids is 1. The van der Waals surface area contributed by atoms with Gasteiger partial charge in [0.2, 0.25) is 5.76 Å². The molecule has 0 bridgehead atoms. The van der Waals surface area contributed by atoms with Crippen LogP contribution in [0.5, 0.6) is 0 Å². The molecule has 2 aromatic rings. The summed E-state index contributed by atoms with van der Waals surface area (Å²) in [7, 11) is 0. The molecule has 6 heteroatoms. The second-order valence-corrected chi connectivity index (χ2v) is 5.99. The molecule has 1 amide bonds. The number of aromatic nitrogens is 1. The highest BCUT2D eigenvalue weighted by atomic mass is 35.5. The van der Waals surface area contributed by atoms with Crippen molar-refractivity contribution in [3.8, 4) is 11.3 Å². The lowest BCUT2D eigenvalue weighted by molar-refractivity contribution is 0.0881. The maximum Gasteiger partial charge on any atom is 0.289 e. The predicted molar refractivity (Wildman–Crippen MR) is 82.6 cm³/mol. The van der Waals surface area contributed by atoms with Crippen molar-refractivity contribution in [3.05, 3.63) is 41.1 Å². The van der Waals surface area contributed by atoms with Gasteiger partial charge in [0.25, 0.3) is 5.91 Å². The number of nitrogens with one attached hydrogen (secondary N) is 1. The normalized spacial score (nSPS) is 21.0. The van der Waals surface area contributed by atoms with Crippen LogP contribution in [0.25, 0.3) is 11.3 Å². The quantitative estimate of drug-likeness (QED) is 0.908. The number of halogens is 1. The van der Waals surface area contributed by atoms with Crippen molar-refractivity contribution < 1.29 is 14.4 Å². The fourth-order valence-corrected chi connectivity index (χ4v) is 2.92. The molecule has 1 aliphatic rings. The molecule has 1 aromatic carbocycles. The third-order valence-corrected chi connectivity index (χ3v) is 4.23. The van der Waals surface area contributed by atoms with Crippen LogP contribution in [-0.4, -0.2) is 28.8 Å². The van der Waals surface area contributed by atoms with Gasteiger partial charge in [0, 0.05) is 29.1 Å². The van der Waals surface area contributed by atoms with Crippen LogP contribution >= 0.6 is 11.6 Å². The summed E-state index contributed by atoms with van der Waals surface area (Å²) >= 11 is 5.94. The first-order valence-electron chi connectivity index (χ1n) is 7.32. The highest BCUT2D eigenvalue weighted by Crippen LogP contribution is 2.25. The van der Waals surface area contributed by atoms with Gasteiger partial charge in [-0.25, -0.2) is 0 Å². The van der Waals surface area contributed by atoms with E-state index in [4.69, 9.17) is 16.1 Å². The smallest absolute Gasteiger partial charge is 0.289 e. The Morgan fingerprint density at radius 3 is 3.00 bits per heavy atom. The number of nitrogens with zero attached hydrogens (tertiary/aromatic N) is 1. The zero-order valence-electron chi connectivity index (χ0n) is 12.0. The minimum Gasteiger partial charge on any atom is -0.393 e. The van der Waals surface area contributed by atoms with E-state index >= 15 is 0 Å². The highest BCUT2D eigenvalue weighted by molar-refractivity contribution is 6.30. The van der Waals surface area contributed by atoms with Gasteiger partial charge in [-0.3, -0.25) is 4.79 Å². The van der Waals surface area contributed by atoms with E-state index < -0.39 is 0 Å².